The van der Waals surface area contributed by atoms with E-state index >= 15 is 0 Å². The maximum absolute atomic E-state index is 13.7. The van der Waals surface area contributed by atoms with Gasteiger partial charge in [-0.15, -0.1) is 0 Å². The Hall–Kier alpha value is -3.09. The van der Waals surface area contributed by atoms with E-state index in [1.807, 2.05) is 0 Å². The Morgan fingerprint density at radius 1 is 1.24 bits per heavy atom. The summed E-state index contributed by atoms with van der Waals surface area (Å²) < 4.78 is 13.7. The average Bonchev–Trinajstić information content (AvgIpc) is 2.47. The first-order chi connectivity index (χ1) is 10.1. The Kier molecular flexibility index (Phi) is 4.35. The molecule has 106 valence electrons. The number of carbonyl (C=O) groups excluding carboxylic acids is 1. The van der Waals surface area contributed by atoms with E-state index in [9.17, 15) is 14.0 Å². The lowest BCUT2D eigenvalue weighted by molar-refractivity contribution is -0.131. The molecular weight excluding hydrogens is 277 g/mol. The van der Waals surface area contributed by atoms with Gasteiger partial charge in [-0.2, -0.15) is 0 Å². The molecule has 0 radical (unpaired) electrons. The van der Waals surface area contributed by atoms with Gasteiger partial charge in [0.2, 0.25) is 0 Å². The van der Waals surface area contributed by atoms with E-state index in [2.05, 4.69) is 15.3 Å². The molecular formula is C14H10FN3O3. The van der Waals surface area contributed by atoms with E-state index in [0.717, 1.165) is 18.2 Å². The summed E-state index contributed by atoms with van der Waals surface area (Å²) in [6.45, 7) is 0. The van der Waals surface area contributed by atoms with E-state index in [-0.39, 0.29) is 16.8 Å². The molecule has 2 N–H and O–H groups in total. The number of hydrogen-bond acceptors (Lipinski definition) is 4. The number of aromatic nitrogens is 2. The Balaban J connectivity index is 2.14. The monoisotopic (exact) mass is 287 g/mol. The molecule has 0 saturated carbocycles. The quantitative estimate of drug-likeness (QED) is 0.839. The van der Waals surface area contributed by atoms with Gasteiger partial charge >= 0.3 is 5.97 Å². The van der Waals surface area contributed by atoms with Crippen molar-refractivity contribution in [1.29, 1.82) is 0 Å². The first-order valence-electron chi connectivity index (χ1n) is 5.83. The van der Waals surface area contributed by atoms with Gasteiger partial charge in [0.05, 0.1) is 5.56 Å². The molecule has 0 aliphatic carbocycles. The van der Waals surface area contributed by atoms with E-state index in [1.54, 1.807) is 0 Å². The van der Waals surface area contributed by atoms with Crippen molar-refractivity contribution in [2.45, 2.75) is 0 Å². The molecule has 0 unspecified atom stereocenters. The van der Waals surface area contributed by atoms with Crippen LogP contribution in [-0.4, -0.2) is 27.0 Å². The van der Waals surface area contributed by atoms with Gasteiger partial charge in [-0.25, -0.2) is 19.2 Å². The van der Waals surface area contributed by atoms with Crippen LogP contribution in [0, 0.1) is 5.82 Å². The van der Waals surface area contributed by atoms with Crippen LogP contribution in [0.4, 0.5) is 10.1 Å². The van der Waals surface area contributed by atoms with Crippen molar-refractivity contribution in [1.82, 2.24) is 9.97 Å². The minimum absolute atomic E-state index is 0.110. The summed E-state index contributed by atoms with van der Waals surface area (Å²) >= 11 is 0. The fraction of sp³-hybridized carbons (Fsp3) is 0. The molecule has 6 nitrogen and oxygen atoms in total. The molecule has 21 heavy (non-hydrogen) atoms. The van der Waals surface area contributed by atoms with Gasteiger partial charge in [-0.05, 0) is 24.3 Å². The van der Waals surface area contributed by atoms with Crippen molar-refractivity contribution >= 4 is 23.6 Å². The molecule has 1 aromatic carbocycles. The zero-order chi connectivity index (χ0) is 15.2. The van der Waals surface area contributed by atoms with Crippen LogP contribution >= 0.6 is 0 Å². The standard InChI is InChI=1S/C14H10FN3O3/c15-12-5-11(3-1-9(12)2-4-13(19)20)18-14(21)10-6-16-8-17-7-10/h1-8H,(H,18,21)(H,19,20)/b4-2+. The Morgan fingerprint density at radius 2 is 1.95 bits per heavy atom. The predicted molar refractivity (Wildman–Crippen MR) is 73.1 cm³/mol. The lowest BCUT2D eigenvalue weighted by Gasteiger charge is -2.06. The molecule has 1 heterocycles. The van der Waals surface area contributed by atoms with E-state index < -0.39 is 17.7 Å². The predicted octanol–water partition coefficient (Wildman–Crippen LogP) is 1.97. The van der Waals surface area contributed by atoms with Crippen molar-refractivity contribution in [3.63, 3.8) is 0 Å². The highest BCUT2D eigenvalue weighted by atomic mass is 19.1. The molecule has 2 rings (SSSR count). The fourth-order valence-electron chi connectivity index (χ4n) is 1.52. The van der Waals surface area contributed by atoms with Crippen LogP contribution in [0.3, 0.4) is 0 Å². The molecule has 1 amide bonds. The van der Waals surface area contributed by atoms with Crippen LogP contribution in [0.5, 0.6) is 0 Å². The first-order valence-corrected chi connectivity index (χ1v) is 5.83. The first kappa shape index (κ1) is 14.3. The highest BCUT2D eigenvalue weighted by Gasteiger charge is 2.08. The van der Waals surface area contributed by atoms with Crippen molar-refractivity contribution < 1.29 is 19.1 Å². The lowest BCUT2D eigenvalue weighted by Crippen LogP contribution is -2.12. The van der Waals surface area contributed by atoms with E-state index in [1.165, 1.54) is 30.9 Å². The largest absolute Gasteiger partial charge is 0.478 e. The number of carbonyl (C=O) groups is 2. The van der Waals surface area contributed by atoms with Crippen LogP contribution in [-0.2, 0) is 4.79 Å². The van der Waals surface area contributed by atoms with Gasteiger partial charge in [0.15, 0.2) is 0 Å². The topological polar surface area (TPSA) is 92.2 Å². The molecule has 0 bridgehead atoms. The summed E-state index contributed by atoms with van der Waals surface area (Å²) in [5.74, 6) is -2.28. The fourth-order valence-corrected chi connectivity index (χ4v) is 1.52. The highest BCUT2D eigenvalue weighted by molar-refractivity contribution is 6.03. The second-order valence-electron chi connectivity index (χ2n) is 3.99. The minimum Gasteiger partial charge on any atom is -0.478 e. The van der Waals surface area contributed by atoms with Crippen molar-refractivity contribution in [3.05, 3.63) is 59.9 Å². The van der Waals surface area contributed by atoms with Gasteiger partial charge in [-0.3, -0.25) is 4.79 Å². The number of hydrogen-bond donors (Lipinski definition) is 2. The molecule has 1 aromatic heterocycles. The van der Waals surface area contributed by atoms with E-state index in [0.29, 0.717) is 0 Å². The maximum Gasteiger partial charge on any atom is 0.328 e. The number of anilines is 1. The number of rotatable bonds is 4. The van der Waals surface area contributed by atoms with Crippen molar-refractivity contribution in [2.75, 3.05) is 5.32 Å². The molecule has 0 aliphatic heterocycles. The van der Waals surface area contributed by atoms with Crippen LogP contribution in [0.15, 0.2) is 43.0 Å². The number of aliphatic carboxylic acids is 1. The van der Waals surface area contributed by atoms with Crippen LogP contribution in [0.2, 0.25) is 0 Å². The van der Waals surface area contributed by atoms with Crippen LogP contribution < -0.4 is 5.32 Å². The number of nitrogens with one attached hydrogen (secondary N) is 1. The summed E-state index contributed by atoms with van der Waals surface area (Å²) in [5, 5.41) is 11.0. The zero-order valence-electron chi connectivity index (χ0n) is 10.7. The number of carboxylic acid groups (broad SMARTS) is 1. The summed E-state index contributed by atoms with van der Waals surface area (Å²) in [6.07, 6.45) is 5.93. The van der Waals surface area contributed by atoms with E-state index in [4.69, 9.17) is 5.11 Å². The molecule has 0 spiro atoms. The van der Waals surface area contributed by atoms with Crippen LogP contribution in [0.1, 0.15) is 15.9 Å². The Labute approximate surface area is 119 Å². The number of nitrogens with zero attached hydrogens (tertiary/aromatic N) is 2. The molecule has 2 aromatic rings. The van der Waals surface area contributed by atoms with Gasteiger partial charge in [-0.1, -0.05) is 0 Å². The number of benzene rings is 1. The van der Waals surface area contributed by atoms with Gasteiger partial charge < -0.3 is 10.4 Å². The van der Waals surface area contributed by atoms with Crippen molar-refractivity contribution in [3.8, 4) is 0 Å². The molecule has 0 aliphatic rings. The highest BCUT2D eigenvalue weighted by Crippen LogP contribution is 2.16. The number of carboxylic acids is 1. The summed E-state index contributed by atoms with van der Waals surface area (Å²) in [5.41, 5.74) is 0.597. The number of halogens is 1. The third-order valence-corrected chi connectivity index (χ3v) is 2.49. The maximum atomic E-state index is 13.7. The van der Waals surface area contributed by atoms with Crippen molar-refractivity contribution in [2.24, 2.45) is 0 Å². The van der Waals surface area contributed by atoms with Gasteiger partial charge in [0, 0.05) is 29.7 Å². The minimum atomic E-state index is -1.17. The average molecular weight is 287 g/mol. The Bertz CT molecular complexity index is 702. The summed E-state index contributed by atoms with van der Waals surface area (Å²) in [7, 11) is 0. The Morgan fingerprint density at radius 3 is 2.57 bits per heavy atom. The summed E-state index contributed by atoms with van der Waals surface area (Å²) in [4.78, 5) is 29.6. The second-order valence-corrected chi connectivity index (χ2v) is 3.99. The summed E-state index contributed by atoms with van der Waals surface area (Å²) in [6, 6.07) is 3.93. The number of amides is 1. The second kappa shape index (κ2) is 6.38. The van der Waals surface area contributed by atoms with Gasteiger partial charge in [0.25, 0.3) is 5.91 Å². The zero-order valence-corrected chi connectivity index (χ0v) is 10.7. The van der Waals surface area contributed by atoms with Gasteiger partial charge in [0.1, 0.15) is 12.1 Å². The SMILES string of the molecule is O=C(O)/C=C/c1ccc(NC(=O)c2cncnc2)cc1F. The van der Waals surface area contributed by atoms with Crippen LogP contribution in [0.25, 0.3) is 6.08 Å². The molecule has 0 saturated heterocycles. The third kappa shape index (κ3) is 3.93. The third-order valence-electron chi connectivity index (χ3n) is 2.49. The molecule has 0 fully saturated rings. The lowest BCUT2D eigenvalue weighted by atomic mass is 10.1. The normalized spacial score (nSPS) is 10.5. The molecule has 7 heteroatoms. The molecule has 0 atom stereocenters. The smallest absolute Gasteiger partial charge is 0.328 e.